The Labute approximate surface area is 116 Å². The molecule has 0 bridgehead atoms. The van der Waals surface area contributed by atoms with E-state index in [2.05, 4.69) is 25.9 Å². The number of hydrogen-bond donors (Lipinski definition) is 1. The zero-order chi connectivity index (χ0) is 13.1. The lowest BCUT2D eigenvalue weighted by Gasteiger charge is -2.07. The van der Waals surface area contributed by atoms with Crippen LogP contribution in [0.3, 0.4) is 0 Å². The second-order valence-electron chi connectivity index (χ2n) is 3.29. The third-order valence-corrected chi connectivity index (χ3v) is 3.03. The van der Waals surface area contributed by atoms with Gasteiger partial charge < -0.3 is 10.5 Å². The smallest absolute Gasteiger partial charge is 0.225 e. The van der Waals surface area contributed by atoms with Crippen molar-refractivity contribution in [3.63, 3.8) is 0 Å². The van der Waals surface area contributed by atoms with E-state index in [9.17, 15) is 4.39 Å². The van der Waals surface area contributed by atoms with Crippen LogP contribution in [0.1, 0.15) is 0 Å². The molecule has 0 saturated carbocycles. The summed E-state index contributed by atoms with van der Waals surface area (Å²) in [5, 5.41) is 0.475. The second kappa shape index (κ2) is 5.53. The van der Waals surface area contributed by atoms with Gasteiger partial charge in [0.25, 0.3) is 0 Å². The van der Waals surface area contributed by atoms with Gasteiger partial charge in [-0.1, -0.05) is 27.7 Å². The standard InChI is InChI=1S/C11H9BrFN3OS/c1-18-11-15-9(14)5-10(16-11)17-8-3-2-6(12)4-7(8)13/h2-5H,1H3,(H2,14,15,16). The third kappa shape index (κ3) is 3.11. The largest absolute Gasteiger partial charge is 0.436 e. The molecule has 7 heteroatoms. The van der Waals surface area contributed by atoms with Crippen molar-refractivity contribution in [3.05, 3.63) is 34.6 Å². The fourth-order valence-electron chi connectivity index (χ4n) is 1.23. The first-order chi connectivity index (χ1) is 8.58. The molecule has 1 aromatic heterocycles. The summed E-state index contributed by atoms with van der Waals surface area (Å²) in [6, 6.07) is 5.95. The minimum atomic E-state index is -0.479. The van der Waals surface area contributed by atoms with E-state index < -0.39 is 5.82 Å². The second-order valence-corrected chi connectivity index (χ2v) is 4.98. The van der Waals surface area contributed by atoms with Gasteiger partial charge in [0, 0.05) is 10.5 Å². The van der Waals surface area contributed by atoms with Crippen LogP contribution in [0, 0.1) is 5.82 Å². The molecule has 0 aliphatic rings. The molecule has 0 unspecified atom stereocenters. The Morgan fingerprint density at radius 1 is 1.33 bits per heavy atom. The maximum absolute atomic E-state index is 13.6. The van der Waals surface area contributed by atoms with Crippen LogP contribution < -0.4 is 10.5 Å². The highest BCUT2D eigenvalue weighted by molar-refractivity contribution is 9.10. The van der Waals surface area contributed by atoms with Gasteiger partial charge in [0.1, 0.15) is 5.82 Å². The molecule has 94 valence electrons. The van der Waals surface area contributed by atoms with Crippen LogP contribution in [0.25, 0.3) is 0 Å². The van der Waals surface area contributed by atoms with Crippen molar-refractivity contribution in [2.75, 3.05) is 12.0 Å². The van der Waals surface area contributed by atoms with Crippen LogP contribution in [0.2, 0.25) is 0 Å². The van der Waals surface area contributed by atoms with Crippen LogP contribution in [0.5, 0.6) is 11.6 Å². The highest BCUT2D eigenvalue weighted by Gasteiger charge is 2.08. The van der Waals surface area contributed by atoms with Gasteiger partial charge in [-0.2, -0.15) is 4.98 Å². The molecule has 2 aromatic rings. The number of nitrogens with two attached hydrogens (primary N) is 1. The predicted molar refractivity (Wildman–Crippen MR) is 72.4 cm³/mol. The Kier molecular flexibility index (Phi) is 4.03. The molecule has 0 radical (unpaired) electrons. The average molecular weight is 330 g/mol. The third-order valence-electron chi connectivity index (χ3n) is 1.99. The number of ether oxygens (including phenoxy) is 1. The maximum Gasteiger partial charge on any atom is 0.225 e. The number of halogens is 2. The highest BCUT2D eigenvalue weighted by atomic mass is 79.9. The number of nitrogens with zero attached hydrogens (tertiary/aromatic N) is 2. The summed E-state index contributed by atoms with van der Waals surface area (Å²) in [4.78, 5) is 8.06. The number of rotatable bonds is 3. The van der Waals surface area contributed by atoms with Crippen molar-refractivity contribution >= 4 is 33.5 Å². The lowest BCUT2D eigenvalue weighted by Crippen LogP contribution is -1.98. The molecule has 0 fully saturated rings. The lowest BCUT2D eigenvalue weighted by atomic mass is 10.3. The van der Waals surface area contributed by atoms with Crippen LogP contribution >= 0.6 is 27.7 Å². The van der Waals surface area contributed by atoms with Crippen LogP contribution in [0.4, 0.5) is 10.2 Å². The molecule has 2 N–H and O–H groups in total. The van der Waals surface area contributed by atoms with Crippen molar-refractivity contribution in [2.24, 2.45) is 0 Å². The Balaban J connectivity index is 2.30. The van der Waals surface area contributed by atoms with E-state index in [1.165, 1.54) is 30.0 Å². The van der Waals surface area contributed by atoms with E-state index in [1.54, 1.807) is 6.07 Å². The van der Waals surface area contributed by atoms with E-state index in [-0.39, 0.29) is 17.4 Å². The fraction of sp³-hybridized carbons (Fsp3) is 0.0909. The van der Waals surface area contributed by atoms with Gasteiger partial charge in [-0.05, 0) is 24.5 Å². The number of thioether (sulfide) groups is 1. The van der Waals surface area contributed by atoms with E-state index in [1.807, 2.05) is 6.26 Å². The molecule has 4 nitrogen and oxygen atoms in total. The molecule has 0 saturated heterocycles. The highest BCUT2D eigenvalue weighted by Crippen LogP contribution is 2.27. The van der Waals surface area contributed by atoms with Gasteiger partial charge in [-0.25, -0.2) is 9.37 Å². The summed E-state index contributed by atoms with van der Waals surface area (Å²) in [6.45, 7) is 0. The van der Waals surface area contributed by atoms with Gasteiger partial charge in [0.15, 0.2) is 16.7 Å². The summed E-state index contributed by atoms with van der Waals surface area (Å²) in [6.07, 6.45) is 1.82. The molecular formula is C11H9BrFN3OS. The topological polar surface area (TPSA) is 61.0 Å². The first-order valence-corrected chi connectivity index (χ1v) is 6.91. The van der Waals surface area contributed by atoms with Crippen LogP contribution in [0.15, 0.2) is 33.9 Å². The van der Waals surface area contributed by atoms with Crippen molar-refractivity contribution in [2.45, 2.75) is 5.16 Å². The summed E-state index contributed by atoms with van der Waals surface area (Å²) in [5.41, 5.74) is 5.61. The Bertz CT molecular complexity index is 582. The van der Waals surface area contributed by atoms with Gasteiger partial charge in [-0.3, -0.25) is 0 Å². The zero-order valence-electron chi connectivity index (χ0n) is 9.35. The normalized spacial score (nSPS) is 10.4. The average Bonchev–Trinajstić information content (AvgIpc) is 2.32. The van der Waals surface area contributed by atoms with Gasteiger partial charge >= 0.3 is 0 Å². The van der Waals surface area contributed by atoms with Crippen LogP contribution in [-0.4, -0.2) is 16.2 Å². The lowest BCUT2D eigenvalue weighted by molar-refractivity contribution is 0.422. The molecule has 0 aliphatic heterocycles. The maximum atomic E-state index is 13.6. The molecule has 1 aromatic carbocycles. The molecule has 0 spiro atoms. The van der Waals surface area contributed by atoms with E-state index in [0.717, 1.165) is 0 Å². The van der Waals surface area contributed by atoms with Gasteiger partial charge in [0.2, 0.25) is 5.88 Å². The molecule has 0 aliphatic carbocycles. The predicted octanol–water partition coefficient (Wildman–Crippen LogP) is 3.47. The summed E-state index contributed by atoms with van der Waals surface area (Å²) in [7, 11) is 0. The van der Waals surface area contributed by atoms with E-state index in [4.69, 9.17) is 10.5 Å². The summed E-state index contributed by atoms with van der Waals surface area (Å²) < 4.78 is 19.6. The fourth-order valence-corrected chi connectivity index (χ4v) is 1.95. The van der Waals surface area contributed by atoms with Crippen LogP contribution in [-0.2, 0) is 0 Å². The summed E-state index contributed by atoms with van der Waals surface area (Å²) in [5.74, 6) is 0.102. The Morgan fingerprint density at radius 3 is 2.78 bits per heavy atom. The van der Waals surface area contributed by atoms with Crippen molar-refractivity contribution in [1.82, 2.24) is 9.97 Å². The number of hydrogen-bond acceptors (Lipinski definition) is 5. The molecule has 2 rings (SSSR count). The van der Waals surface area contributed by atoms with Crippen molar-refractivity contribution in [1.29, 1.82) is 0 Å². The number of anilines is 1. The first-order valence-electron chi connectivity index (χ1n) is 4.90. The molecule has 0 amide bonds. The molecular weight excluding hydrogens is 321 g/mol. The summed E-state index contributed by atoms with van der Waals surface area (Å²) >= 11 is 4.50. The van der Waals surface area contributed by atoms with E-state index in [0.29, 0.717) is 9.63 Å². The Hall–Kier alpha value is -1.34. The number of aromatic nitrogens is 2. The first kappa shape index (κ1) is 13.1. The molecule has 0 atom stereocenters. The Morgan fingerprint density at radius 2 is 2.11 bits per heavy atom. The van der Waals surface area contributed by atoms with Crippen molar-refractivity contribution < 1.29 is 9.13 Å². The number of benzene rings is 1. The zero-order valence-corrected chi connectivity index (χ0v) is 11.8. The molecule has 1 heterocycles. The quantitative estimate of drug-likeness (QED) is 0.690. The SMILES string of the molecule is CSc1nc(N)cc(Oc2ccc(Br)cc2F)n1. The minimum Gasteiger partial charge on any atom is -0.436 e. The van der Waals surface area contributed by atoms with Gasteiger partial charge in [-0.15, -0.1) is 0 Å². The van der Waals surface area contributed by atoms with E-state index >= 15 is 0 Å². The van der Waals surface area contributed by atoms with Crippen molar-refractivity contribution in [3.8, 4) is 11.6 Å². The molecule has 18 heavy (non-hydrogen) atoms. The number of nitrogen functional groups attached to an aromatic ring is 1. The monoisotopic (exact) mass is 329 g/mol. The van der Waals surface area contributed by atoms with Gasteiger partial charge in [0.05, 0.1) is 0 Å². The minimum absolute atomic E-state index is 0.0864.